The smallest absolute Gasteiger partial charge is 0.335 e. The third kappa shape index (κ3) is 5.19. The standard InChI is InChI=1S/C27H20N2O8S2/c30-26(31)16-1-5-20(6-2-16)28-38(34,35)22-9-11-24-18(14-22)13-19-15-23(10-12-25(19)24)39(36,37)29-21-7-3-17(4-8-21)27(32)33/h1-12,14-15,28-29H,13H2,(H,30,31)(H,32,33). The molecule has 0 amide bonds. The summed E-state index contributed by atoms with van der Waals surface area (Å²) in [5.41, 5.74) is 3.47. The number of nitrogens with one attached hydrogen (secondary N) is 2. The predicted molar refractivity (Wildman–Crippen MR) is 143 cm³/mol. The van der Waals surface area contributed by atoms with Crippen LogP contribution in [0.2, 0.25) is 0 Å². The molecule has 0 unspecified atom stereocenters. The Labute approximate surface area is 223 Å². The van der Waals surface area contributed by atoms with Crippen molar-refractivity contribution in [3.05, 3.63) is 107 Å². The van der Waals surface area contributed by atoms with Gasteiger partial charge in [-0.05, 0) is 101 Å². The van der Waals surface area contributed by atoms with Gasteiger partial charge in [0.05, 0.1) is 20.9 Å². The Morgan fingerprint density at radius 3 is 1.26 bits per heavy atom. The van der Waals surface area contributed by atoms with Crippen molar-refractivity contribution in [1.29, 1.82) is 0 Å². The van der Waals surface area contributed by atoms with Gasteiger partial charge in [-0.15, -0.1) is 0 Å². The largest absolute Gasteiger partial charge is 0.478 e. The summed E-state index contributed by atoms with van der Waals surface area (Å²) in [6.45, 7) is 0. The molecule has 0 saturated heterocycles. The van der Waals surface area contributed by atoms with Gasteiger partial charge in [-0.1, -0.05) is 12.1 Å². The minimum atomic E-state index is -3.97. The molecule has 0 bridgehead atoms. The molecule has 0 heterocycles. The number of hydrogen-bond donors (Lipinski definition) is 4. The Kier molecular flexibility index (Phi) is 6.36. The Balaban J connectivity index is 1.36. The van der Waals surface area contributed by atoms with Crippen molar-refractivity contribution >= 4 is 43.4 Å². The molecule has 0 radical (unpaired) electrons. The van der Waals surface area contributed by atoms with Crippen LogP contribution in [0.3, 0.4) is 0 Å². The van der Waals surface area contributed by atoms with Crippen molar-refractivity contribution in [2.45, 2.75) is 16.2 Å². The Morgan fingerprint density at radius 2 is 0.923 bits per heavy atom. The van der Waals surface area contributed by atoms with E-state index in [9.17, 15) is 26.4 Å². The summed E-state index contributed by atoms with van der Waals surface area (Å²) in [4.78, 5) is 22.1. The fourth-order valence-corrected chi connectivity index (χ4v) is 6.51. The van der Waals surface area contributed by atoms with Gasteiger partial charge in [-0.2, -0.15) is 0 Å². The molecule has 10 nitrogen and oxygen atoms in total. The van der Waals surface area contributed by atoms with E-state index in [1.54, 1.807) is 12.1 Å². The molecule has 0 fully saturated rings. The van der Waals surface area contributed by atoms with Crippen LogP contribution in [0.5, 0.6) is 0 Å². The highest BCUT2D eigenvalue weighted by molar-refractivity contribution is 7.93. The summed E-state index contributed by atoms with van der Waals surface area (Å²) in [7, 11) is -7.94. The van der Waals surface area contributed by atoms with Gasteiger partial charge in [-0.25, -0.2) is 26.4 Å². The molecular weight excluding hydrogens is 544 g/mol. The molecule has 198 valence electrons. The Morgan fingerprint density at radius 1 is 0.564 bits per heavy atom. The minimum Gasteiger partial charge on any atom is -0.478 e. The predicted octanol–water partition coefficient (Wildman–Crippen LogP) is 4.26. The van der Waals surface area contributed by atoms with Crippen LogP contribution >= 0.6 is 0 Å². The Bertz CT molecular complexity index is 1710. The number of fused-ring (bicyclic) bond motifs is 3. The van der Waals surface area contributed by atoms with Crippen molar-refractivity contribution in [2.24, 2.45) is 0 Å². The van der Waals surface area contributed by atoms with Crippen LogP contribution in [0, 0.1) is 0 Å². The molecule has 0 aliphatic heterocycles. The van der Waals surface area contributed by atoms with Gasteiger partial charge in [0, 0.05) is 11.4 Å². The summed E-state index contributed by atoms with van der Waals surface area (Å²) in [5.74, 6) is -2.24. The molecule has 1 aliphatic carbocycles. The number of carboxylic acid groups (broad SMARTS) is 2. The third-order valence-electron chi connectivity index (χ3n) is 6.21. The second kappa shape index (κ2) is 9.57. The highest BCUT2D eigenvalue weighted by Gasteiger charge is 2.25. The number of anilines is 2. The molecule has 4 aromatic carbocycles. The monoisotopic (exact) mass is 564 g/mol. The quantitative estimate of drug-likeness (QED) is 0.217. The van der Waals surface area contributed by atoms with Gasteiger partial charge in [0.15, 0.2) is 0 Å². The van der Waals surface area contributed by atoms with E-state index in [0.29, 0.717) is 17.5 Å². The van der Waals surface area contributed by atoms with Crippen molar-refractivity contribution in [3.8, 4) is 11.1 Å². The number of aromatic carboxylic acids is 2. The molecule has 39 heavy (non-hydrogen) atoms. The molecule has 5 rings (SSSR count). The van der Waals surface area contributed by atoms with E-state index in [2.05, 4.69) is 9.44 Å². The van der Waals surface area contributed by atoms with Crippen molar-refractivity contribution in [3.63, 3.8) is 0 Å². The zero-order valence-electron chi connectivity index (χ0n) is 20.0. The molecule has 0 saturated carbocycles. The van der Waals surface area contributed by atoms with E-state index < -0.39 is 32.0 Å². The lowest BCUT2D eigenvalue weighted by molar-refractivity contribution is 0.0686. The number of benzene rings is 4. The lowest BCUT2D eigenvalue weighted by atomic mass is 10.1. The van der Waals surface area contributed by atoms with Gasteiger partial charge >= 0.3 is 11.9 Å². The van der Waals surface area contributed by atoms with Crippen LogP contribution < -0.4 is 9.44 Å². The zero-order chi connectivity index (χ0) is 27.9. The molecule has 0 spiro atoms. The molecular formula is C27H20N2O8S2. The fourth-order valence-electron chi connectivity index (χ4n) is 4.29. The van der Waals surface area contributed by atoms with Crippen LogP contribution in [-0.2, 0) is 26.5 Å². The van der Waals surface area contributed by atoms with Crippen molar-refractivity contribution in [2.75, 3.05) is 9.44 Å². The maximum Gasteiger partial charge on any atom is 0.335 e. The maximum atomic E-state index is 13.0. The molecule has 12 heteroatoms. The third-order valence-corrected chi connectivity index (χ3v) is 8.97. The van der Waals surface area contributed by atoms with Crippen LogP contribution in [0.25, 0.3) is 11.1 Å². The normalized spacial score (nSPS) is 12.3. The SMILES string of the molecule is O=C(O)c1ccc(NS(=O)(=O)c2ccc3c(c2)Cc2cc(S(=O)(=O)Nc4ccc(C(=O)O)cc4)ccc2-3)cc1. The van der Waals surface area contributed by atoms with E-state index in [1.807, 2.05) is 0 Å². The topological polar surface area (TPSA) is 167 Å². The second-order valence-electron chi connectivity index (χ2n) is 8.79. The molecule has 4 aromatic rings. The summed E-state index contributed by atoms with van der Waals surface area (Å²) in [6.07, 6.45) is 0.317. The van der Waals surface area contributed by atoms with E-state index in [1.165, 1.54) is 72.8 Å². The van der Waals surface area contributed by atoms with Crippen LogP contribution in [0.4, 0.5) is 11.4 Å². The summed E-state index contributed by atoms with van der Waals surface area (Å²) in [5, 5.41) is 18.0. The zero-order valence-corrected chi connectivity index (χ0v) is 21.6. The van der Waals surface area contributed by atoms with E-state index >= 15 is 0 Å². The van der Waals surface area contributed by atoms with Crippen LogP contribution in [0.1, 0.15) is 31.8 Å². The first-order valence-electron chi connectivity index (χ1n) is 11.4. The fraction of sp³-hybridized carbons (Fsp3) is 0.0370. The van der Waals surface area contributed by atoms with Gasteiger partial charge in [0.2, 0.25) is 0 Å². The average Bonchev–Trinajstić information content (AvgIpc) is 3.26. The second-order valence-corrected chi connectivity index (χ2v) is 12.2. The highest BCUT2D eigenvalue weighted by atomic mass is 32.2. The van der Waals surface area contributed by atoms with Gasteiger partial charge in [-0.3, -0.25) is 9.44 Å². The first kappa shape index (κ1) is 25.9. The minimum absolute atomic E-state index is 0.00990. The molecule has 0 atom stereocenters. The number of sulfonamides is 2. The lowest BCUT2D eigenvalue weighted by Crippen LogP contribution is -2.13. The summed E-state index contributed by atoms with van der Waals surface area (Å²) in [6, 6.07) is 19.9. The Hall–Kier alpha value is -4.68. The summed E-state index contributed by atoms with van der Waals surface area (Å²) < 4.78 is 56.7. The average molecular weight is 565 g/mol. The van der Waals surface area contributed by atoms with Crippen LogP contribution in [-0.4, -0.2) is 39.0 Å². The van der Waals surface area contributed by atoms with E-state index in [-0.39, 0.29) is 32.3 Å². The molecule has 1 aliphatic rings. The van der Waals surface area contributed by atoms with E-state index in [0.717, 1.165) is 11.1 Å². The number of hydrogen-bond acceptors (Lipinski definition) is 6. The van der Waals surface area contributed by atoms with Gasteiger partial charge in [0.25, 0.3) is 20.0 Å². The first-order valence-corrected chi connectivity index (χ1v) is 14.4. The van der Waals surface area contributed by atoms with E-state index in [4.69, 9.17) is 10.2 Å². The van der Waals surface area contributed by atoms with Gasteiger partial charge in [0.1, 0.15) is 0 Å². The molecule has 0 aromatic heterocycles. The summed E-state index contributed by atoms with van der Waals surface area (Å²) >= 11 is 0. The molecule has 4 N–H and O–H groups in total. The number of rotatable bonds is 8. The lowest BCUT2D eigenvalue weighted by Gasteiger charge is -2.10. The van der Waals surface area contributed by atoms with Crippen molar-refractivity contribution in [1.82, 2.24) is 0 Å². The number of carboxylic acids is 2. The van der Waals surface area contributed by atoms with Crippen LogP contribution in [0.15, 0.2) is 94.7 Å². The highest BCUT2D eigenvalue weighted by Crippen LogP contribution is 2.39. The maximum absolute atomic E-state index is 13.0. The first-order chi connectivity index (χ1) is 18.4. The van der Waals surface area contributed by atoms with Crippen molar-refractivity contribution < 1.29 is 36.6 Å². The number of carbonyl (C=O) groups is 2. The van der Waals surface area contributed by atoms with Gasteiger partial charge < -0.3 is 10.2 Å².